The molecule has 0 aliphatic rings. The molecule has 1 aromatic rings. The summed E-state index contributed by atoms with van der Waals surface area (Å²) >= 11 is 0. The van der Waals surface area contributed by atoms with Crippen molar-refractivity contribution in [2.75, 3.05) is 14.2 Å². The predicted octanol–water partition coefficient (Wildman–Crippen LogP) is 0.443. The molecular formula is C8H12N2O2. The lowest BCUT2D eigenvalue weighted by Crippen LogP contribution is -2.10. The van der Waals surface area contributed by atoms with Crippen LogP contribution in [0.15, 0.2) is 24.5 Å². The monoisotopic (exact) mass is 168 g/mol. The molecule has 1 aromatic heterocycles. The lowest BCUT2D eigenvalue weighted by molar-refractivity contribution is 0.1000. The van der Waals surface area contributed by atoms with Crippen molar-refractivity contribution in [1.29, 1.82) is 0 Å². The molecule has 0 aliphatic carbocycles. The molecule has 0 fully saturated rings. The predicted molar refractivity (Wildman–Crippen MR) is 45.7 cm³/mol. The van der Waals surface area contributed by atoms with E-state index in [1.165, 1.54) is 12.4 Å². The third kappa shape index (κ3) is 4.40. The molecule has 1 amide bonds. The summed E-state index contributed by atoms with van der Waals surface area (Å²) in [6.07, 6.45) is 3.06. The molecule has 66 valence electrons. The van der Waals surface area contributed by atoms with Crippen LogP contribution < -0.4 is 5.73 Å². The topological polar surface area (TPSA) is 65.2 Å². The van der Waals surface area contributed by atoms with Crippen LogP contribution in [0, 0.1) is 0 Å². The minimum absolute atomic E-state index is 0.419. The van der Waals surface area contributed by atoms with Crippen molar-refractivity contribution in [3.63, 3.8) is 0 Å². The van der Waals surface area contributed by atoms with Crippen LogP contribution in [-0.2, 0) is 4.74 Å². The first-order chi connectivity index (χ1) is 5.72. The van der Waals surface area contributed by atoms with Gasteiger partial charge in [0, 0.05) is 32.2 Å². The third-order valence-electron chi connectivity index (χ3n) is 0.965. The number of hydrogen-bond donors (Lipinski definition) is 1. The lowest BCUT2D eigenvalue weighted by Gasteiger charge is -1.88. The van der Waals surface area contributed by atoms with Gasteiger partial charge in [0.1, 0.15) is 0 Å². The van der Waals surface area contributed by atoms with Crippen LogP contribution in [0.25, 0.3) is 0 Å². The Morgan fingerprint density at radius 1 is 1.42 bits per heavy atom. The first kappa shape index (κ1) is 10.6. The van der Waals surface area contributed by atoms with Gasteiger partial charge in [-0.2, -0.15) is 0 Å². The molecule has 4 heteroatoms. The van der Waals surface area contributed by atoms with Crippen LogP contribution in [0.2, 0.25) is 0 Å². The molecule has 1 rings (SSSR count). The van der Waals surface area contributed by atoms with E-state index in [-0.39, 0.29) is 0 Å². The van der Waals surface area contributed by atoms with Crippen molar-refractivity contribution < 1.29 is 9.53 Å². The quantitative estimate of drug-likeness (QED) is 0.661. The van der Waals surface area contributed by atoms with E-state index in [1.54, 1.807) is 26.4 Å². The maximum Gasteiger partial charge on any atom is 0.248 e. The highest BCUT2D eigenvalue weighted by molar-refractivity contribution is 5.92. The Bertz CT molecular complexity index is 224. The van der Waals surface area contributed by atoms with Crippen molar-refractivity contribution in [2.45, 2.75) is 0 Å². The number of hydrogen-bond acceptors (Lipinski definition) is 3. The van der Waals surface area contributed by atoms with E-state index < -0.39 is 5.91 Å². The second-order valence-electron chi connectivity index (χ2n) is 2.01. The van der Waals surface area contributed by atoms with Crippen LogP contribution in [0.5, 0.6) is 0 Å². The molecule has 2 N–H and O–H groups in total. The maximum absolute atomic E-state index is 10.4. The molecule has 0 saturated heterocycles. The smallest absolute Gasteiger partial charge is 0.248 e. The third-order valence-corrected chi connectivity index (χ3v) is 0.965. The fourth-order valence-electron chi connectivity index (χ4n) is 0.516. The molecule has 0 spiro atoms. The Labute approximate surface area is 71.4 Å². The van der Waals surface area contributed by atoms with Crippen LogP contribution in [-0.4, -0.2) is 25.1 Å². The highest BCUT2D eigenvalue weighted by Crippen LogP contribution is 1.91. The highest BCUT2D eigenvalue weighted by atomic mass is 16.4. The summed E-state index contributed by atoms with van der Waals surface area (Å²) in [5.41, 5.74) is 5.44. The van der Waals surface area contributed by atoms with Crippen molar-refractivity contribution >= 4 is 5.91 Å². The van der Waals surface area contributed by atoms with Crippen molar-refractivity contribution in [2.24, 2.45) is 5.73 Å². The number of methoxy groups -OCH3 is 1. The zero-order chi connectivity index (χ0) is 9.40. The number of nitrogens with zero attached hydrogens (tertiary/aromatic N) is 1. The number of carbonyl (C=O) groups excluding carboxylic acids is 1. The molecule has 4 nitrogen and oxygen atoms in total. The average molecular weight is 168 g/mol. The Kier molecular flexibility index (Phi) is 5.55. The summed E-state index contributed by atoms with van der Waals surface area (Å²) in [7, 11) is 3.25. The number of ether oxygens (including phenoxy) is 1. The zero-order valence-corrected chi connectivity index (χ0v) is 7.15. The Morgan fingerprint density at radius 2 is 1.83 bits per heavy atom. The molecule has 0 atom stereocenters. The van der Waals surface area contributed by atoms with Crippen LogP contribution in [0.4, 0.5) is 0 Å². The summed E-state index contributed by atoms with van der Waals surface area (Å²) in [4.78, 5) is 14.1. The molecule has 1 heterocycles. The fraction of sp³-hybridized carbons (Fsp3) is 0.250. The molecule has 12 heavy (non-hydrogen) atoms. The second kappa shape index (κ2) is 6.30. The summed E-state index contributed by atoms with van der Waals surface area (Å²) < 4.78 is 4.25. The van der Waals surface area contributed by atoms with Gasteiger partial charge in [0.05, 0.1) is 0 Å². The minimum Gasteiger partial charge on any atom is -0.388 e. The van der Waals surface area contributed by atoms with Gasteiger partial charge < -0.3 is 10.5 Å². The van der Waals surface area contributed by atoms with Gasteiger partial charge in [0.15, 0.2) is 0 Å². The van der Waals surface area contributed by atoms with Crippen LogP contribution in [0.1, 0.15) is 10.4 Å². The molecule has 0 saturated carbocycles. The molecule has 0 aliphatic heterocycles. The molecule has 0 unspecified atom stereocenters. The standard InChI is InChI=1S/C6H6N2O.C2H6O/c7-6(9)5-1-3-8-4-2-5;1-3-2/h1-4H,(H2,7,9);1-2H3. The van der Waals surface area contributed by atoms with Crippen LogP contribution >= 0.6 is 0 Å². The SMILES string of the molecule is COC.NC(=O)c1ccncc1. The van der Waals surface area contributed by atoms with Gasteiger partial charge in [-0.05, 0) is 12.1 Å². The number of pyridine rings is 1. The van der Waals surface area contributed by atoms with E-state index in [2.05, 4.69) is 9.72 Å². The van der Waals surface area contributed by atoms with E-state index in [0.717, 1.165) is 0 Å². The zero-order valence-electron chi connectivity index (χ0n) is 7.15. The Balaban J connectivity index is 0.000000354. The van der Waals surface area contributed by atoms with Gasteiger partial charge in [-0.25, -0.2) is 0 Å². The summed E-state index contributed by atoms with van der Waals surface area (Å²) in [6.45, 7) is 0. The number of rotatable bonds is 1. The fourth-order valence-corrected chi connectivity index (χ4v) is 0.516. The van der Waals surface area contributed by atoms with E-state index in [4.69, 9.17) is 5.73 Å². The van der Waals surface area contributed by atoms with E-state index in [0.29, 0.717) is 5.56 Å². The largest absolute Gasteiger partial charge is 0.388 e. The maximum atomic E-state index is 10.4. The molecule has 0 bridgehead atoms. The number of primary amides is 1. The van der Waals surface area contributed by atoms with Gasteiger partial charge in [0.25, 0.3) is 0 Å². The van der Waals surface area contributed by atoms with Crippen molar-refractivity contribution in [3.8, 4) is 0 Å². The van der Waals surface area contributed by atoms with Crippen molar-refractivity contribution in [3.05, 3.63) is 30.1 Å². The van der Waals surface area contributed by atoms with Gasteiger partial charge >= 0.3 is 0 Å². The summed E-state index contributed by atoms with van der Waals surface area (Å²) in [5.74, 6) is -0.419. The van der Waals surface area contributed by atoms with Gasteiger partial charge in [-0.3, -0.25) is 9.78 Å². The van der Waals surface area contributed by atoms with Crippen LogP contribution in [0.3, 0.4) is 0 Å². The summed E-state index contributed by atoms with van der Waals surface area (Å²) in [6, 6.07) is 3.14. The Hall–Kier alpha value is -1.42. The van der Waals surface area contributed by atoms with E-state index in [9.17, 15) is 4.79 Å². The molecule has 0 radical (unpaired) electrons. The van der Waals surface area contributed by atoms with E-state index in [1.807, 2.05) is 0 Å². The first-order valence-corrected chi connectivity index (χ1v) is 3.32. The number of amides is 1. The average Bonchev–Trinajstić information content (AvgIpc) is 2.07. The molecule has 0 aromatic carbocycles. The number of aromatic nitrogens is 1. The van der Waals surface area contributed by atoms with Crippen molar-refractivity contribution in [1.82, 2.24) is 4.98 Å². The lowest BCUT2D eigenvalue weighted by atomic mass is 10.3. The number of nitrogens with two attached hydrogens (primary N) is 1. The number of carbonyl (C=O) groups is 1. The summed E-state index contributed by atoms with van der Waals surface area (Å²) in [5, 5.41) is 0. The minimum atomic E-state index is -0.419. The van der Waals surface area contributed by atoms with Gasteiger partial charge in [-0.1, -0.05) is 0 Å². The highest BCUT2D eigenvalue weighted by Gasteiger charge is 1.94. The van der Waals surface area contributed by atoms with E-state index >= 15 is 0 Å². The normalized spacial score (nSPS) is 8.17. The van der Waals surface area contributed by atoms with Gasteiger partial charge in [-0.15, -0.1) is 0 Å². The second-order valence-corrected chi connectivity index (χ2v) is 2.01. The first-order valence-electron chi connectivity index (χ1n) is 3.32. The van der Waals surface area contributed by atoms with Gasteiger partial charge in [0.2, 0.25) is 5.91 Å². The molecular weight excluding hydrogens is 156 g/mol. The Morgan fingerprint density at radius 3 is 2.08 bits per heavy atom.